The minimum absolute atomic E-state index is 0.0686. The first-order valence-corrected chi connectivity index (χ1v) is 8.52. The van der Waals surface area contributed by atoms with E-state index in [2.05, 4.69) is 20.7 Å². The number of hydrogen-bond acceptors (Lipinski definition) is 3. The fraction of sp³-hybridized carbons (Fsp3) is 0.278. The Bertz CT molecular complexity index is 786. The summed E-state index contributed by atoms with van der Waals surface area (Å²) in [4.78, 5) is 13.9. The number of ether oxygens (including phenoxy) is 2. The third kappa shape index (κ3) is 5.14. The fourth-order valence-corrected chi connectivity index (χ4v) is 2.85. The van der Waals surface area contributed by atoms with Crippen LogP contribution in [0.1, 0.15) is 22.8 Å². The topological polar surface area (TPSA) is 38.8 Å². The molecule has 0 saturated carbocycles. The normalized spacial score (nSPS) is 10.7. The fourth-order valence-electron chi connectivity index (χ4n) is 2.33. The molecule has 1 amide bonds. The first-order valence-electron chi connectivity index (χ1n) is 7.72. The predicted molar refractivity (Wildman–Crippen MR) is 94.1 cm³/mol. The third-order valence-corrected chi connectivity index (χ3v) is 4.11. The van der Waals surface area contributed by atoms with Gasteiger partial charge in [-0.15, -0.1) is 0 Å². The van der Waals surface area contributed by atoms with Gasteiger partial charge in [-0.05, 0) is 58.7 Å². The standard InChI is InChI=1S/C18H17BrF3NO3/c1-3-25-16-8-11(4-7-15(16)26-18(21)22)10-23(2)17(24)13-6-5-12(20)9-14(13)19/h4-9,18H,3,10H2,1-2H3. The number of carbonyl (C=O) groups is 1. The lowest BCUT2D eigenvalue weighted by Crippen LogP contribution is -2.26. The molecule has 0 bridgehead atoms. The summed E-state index contributed by atoms with van der Waals surface area (Å²) in [5.41, 5.74) is 0.987. The number of rotatable bonds is 7. The monoisotopic (exact) mass is 431 g/mol. The van der Waals surface area contributed by atoms with Gasteiger partial charge in [-0.25, -0.2) is 4.39 Å². The number of nitrogens with zero attached hydrogens (tertiary/aromatic N) is 1. The highest BCUT2D eigenvalue weighted by Gasteiger charge is 2.17. The SMILES string of the molecule is CCOc1cc(CN(C)C(=O)c2ccc(F)cc2Br)ccc1OC(F)F. The molecule has 0 aromatic heterocycles. The molecule has 0 spiro atoms. The van der Waals surface area contributed by atoms with Crippen molar-refractivity contribution >= 4 is 21.8 Å². The van der Waals surface area contributed by atoms with Crippen LogP contribution in [0.3, 0.4) is 0 Å². The summed E-state index contributed by atoms with van der Waals surface area (Å²) in [6.45, 7) is -0.751. The van der Waals surface area contributed by atoms with Gasteiger partial charge in [0, 0.05) is 18.1 Å². The molecule has 140 valence electrons. The Morgan fingerprint density at radius 3 is 2.54 bits per heavy atom. The first kappa shape index (κ1) is 20.1. The van der Waals surface area contributed by atoms with Crippen molar-refractivity contribution in [3.8, 4) is 11.5 Å². The molecule has 0 atom stereocenters. The molecule has 26 heavy (non-hydrogen) atoms. The quantitative estimate of drug-likeness (QED) is 0.628. The van der Waals surface area contributed by atoms with Gasteiger partial charge in [-0.1, -0.05) is 6.07 Å². The highest BCUT2D eigenvalue weighted by atomic mass is 79.9. The molecular weight excluding hydrogens is 415 g/mol. The van der Waals surface area contributed by atoms with Crippen LogP contribution in [0.15, 0.2) is 40.9 Å². The molecule has 0 aliphatic rings. The number of benzene rings is 2. The Balaban J connectivity index is 2.18. The van der Waals surface area contributed by atoms with E-state index in [0.29, 0.717) is 15.6 Å². The largest absolute Gasteiger partial charge is 0.490 e. The number of amides is 1. The molecule has 0 aliphatic carbocycles. The van der Waals surface area contributed by atoms with Gasteiger partial charge in [0.05, 0.1) is 12.2 Å². The van der Waals surface area contributed by atoms with Gasteiger partial charge in [-0.2, -0.15) is 8.78 Å². The molecule has 0 heterocycles. The average molecular weight is 432 g/mol. The summed E-state index contributed by atoms with van der Waals surface area (Å²) >= 11 is 3.17. The maximum Gasteiger partial charge on any atom is 0.387 e. The zero-order valence-corrected chi connectivity index (χ0v) is 15.7. The van der Waals surface area contributed by atoms with Crippen LogP contribution in [0.25, 0.3) is 0 Å². The lowest BCUT2D eigenvalue weighted by molar-refractivity contribution is -0.0514. The van der Waals surface area contributed by atoms with Gasteiger partial charge in [0.1, 0.15) is 5.82 Å². The number of alkyl halides is 2. The molecule has 2 rings (SSSR count). The summed E-state index contributed by atoms with van der Waals surface area (Å²) in [7, 11) is 1.59. The molecule has 8 heteroatoms. The minimum atomic E-state index is -2.96. The second kappa shape index (κ2) is 8.93. The smallest absolute Gasteiger partial charge is 0.387 e. The van der Waals surface area contributed by atoms with Gasteiger partial charge in [0.25, 0.3) is 5.91 Å². The molecule has 0 saturated heterocycles. The van der Waals surface area contributed by atoms with Crippen molar-refractivity contribution in [3.05, 3.63) is 57.8 Å². The molecule has 0 radical (unpaired) electrons. The highest BCUT2D eigenvalue weighted by molar-refractivity contribution is 9.10. The van der Waals surface area contributed by atoms with E-state index in [0.717, 1.165) is 0 Å². The zero-order valence-electron chi connectivity index (χ0n) is 14.1. The minimum Gasteiger partial charge on any atom is -0.490 e. The van der Waals surface area contributed by atoms with Gasteiger partial charge in [0.2, 0.25) is 0 Å². The molecule has 4 nitrogen and oxygen atoms in total. The van der Waals surface area contributed by atoms with Crippen LogP contribution in [0.2, 0.25) is 0 Å². The second-order valence-electron chi connectivity index (χ2n) is 5.38. The van der Waals surface area contributed by atoms with Crippen molar-refractivity contribution in [2.75, 3.05) is 13.7 Å². The Morgan fingerprint density at radius 1 is 1.19 bits per heavy atom. The van der Waals surface area contributed by atoms with Crippen LogP contribution in [0.4, 0.5) is 13.2 Å². The second-order valence-corrected chi connectivity index (χ2v) is 6.23. The van der Waals surface area contributed by atoms with Crippen molar-refractivity contribution in [2.45, 2.75) is 20.1 Å². The van der Waals surface area contributed by atoms with Crippen LogP contribution >= 0.6 is 15.9 Å². The first-order chi connectivity index (χ1) is 12.3. The van der Waals surface area contributed by atoms with E-state index in [-0.39, 0.29) is 30.6 Å². The molecule has 2 aromatic rings. The summed E-state index contributed by atoms with van der Waals surface area (Å²) in [5.74, 6) is -0.662. The lowest BCUT2D eigenvalue weighted by Gasteiger charge is -2.19. The molecular formula is C18H17BrF3NO3. The Hall–Kier alpha value is -2.22. The Morgan fingerprint density at radius 2 is 1.92 bits per heavy atom. The predicted octanol–water partition coefficient (Wildman–Crippen LogP) is 4.86. The summed E-state index contributed by atoms with van der Waals surface area (Å²) in [5, 5.41) is 0. The molecule has 0 unspecified atom stereocenters. The van der Waals surface area contributed by atoms with E-state index < -0.39 is 12.4 Å². The van der Waals surface area contributed by atoms with Gasteiger partial charge >= 0.3 is 6.61 Å². The molecule has 0 fully saturated rings. The van der Waals surface area contributed by atoms with Crippen LogP contribution in [-0.2, 0) is 6.54 Å². The van der Waals surface area contributed by atoms with Gasteiger partial charge < -0.3 is 14.4 Å². The van der Waals surface area contributed by atoms with Crippen molar-refractivity contribution in [2.24, 2.45) is 0 Å². The van der Waals surface area contributed by atoms with Crippen LogP contribution in [0, 0.1) is 5.82 Å². The van der Waals surface area contributed by atoms with E-state index in [1.54, 1.807) is 26.1 Å². The van der Waals surface area contributed by atoms with Crippen LogP contribution in [-0.4, -0.2) is 31.1 Å². The molecule has 2 aromatic carbocycles. The zero-order chi connectivity index (χ0) is 19.3. The summed E-state index contributed by atoms with van der Waals surface area (Å²) < 4.78 is 48.2. The van der Waals surface area contributed by atoms with E-state index in [1.807, 2.05) is 0 Å². The van der Waals surface area contributed by atoms with Crippen LogP contribution in [0.5, 0.6) is 11.5 Å². The summed E-state index contributed by atoms with van der Waals surface area (Å²) in [6.07, 6.45) is 0. The molecule has 0 N–H and O–H groups in total. The number of carbonyl (C=O) groups excluding carboxylic acids is 1. The maximum atomic E-state index is 13.2. The van der Waals surface area contributed by atoms with Gasteiger partial charge in [-0.3, -0.25) is 4.79 Å². The van der Waals surface area contributed by atoms with E-state index in [4.69, 9.17) is 4.74 Å². The number of hydrogen-bond donors (Lipinski definition) is 0. The maximum absolute atomic E-state index is 13.2. The third-order valence-electron chi connectivity index (χ3n) is 3.45. The van der Waals surface area contributed by atoms with E-state index in [9.17, 15) is 18.0 Å². The van der Waals surface area contributed by atoms with Crippen molar-refractivity contribution in [3.63, 3.8) is 0 Å². The lowest BCUT2D eigenvalue weighted by atomic mass is 10.1. The Kier molecular flexibility index (Phi) is 6.90. The van der Waals surface area contributed by atoms with E-state index in [1.165, 1.54) is 29.2 Å². The Labute approximate surface area is 157 Å². The van der Waals surface area contributed by atoms with Crippen molar-refractivity contribution < 1.29 is 27.4 Å². The average Bonchev–Trinajstić information content (AvgIpc) is 2.56. The molecule has 0 aliphatic heterocycles. The summed E-state index contributed by atoms with van der Waals surface area (Å²) in [6, 6.07) is 8.30. The van der Waals surface area contributed by atoms with Crippen molar-refractivity contribution in [1.29, 1.82) is 0 Å². The highest BCUT2D eigenvalue weighted by Crippen LogP contribution is 2.30. The van der Waals surface area contributed by atoms with Crippen molar-refractivity contribution in [1.82, 2.24) is 4.90 Å². The van der Waals surface area contributed by atoms with Gasteiger partial charge in [0.15, 0.2) is 11.5 Å². The number of halogens is 4. The van der Waals surface area contributed by atoms with E-state index >= 15 is 0 Å². The van der Waals surface area contributed by atoms with Crippen LogP contribution < -0.4 is 9.47 Å².